The van der Waals surface area contributed by atoms with Gasteiger partial charge in [0.1, 0.15) is 11.8 Å². The quantitative estimate of drug-likeness (QED) is 0.584. The number of carbonyl (C=O) groups excluding carboxylic acids is 5. The predicted octanol–water partition coefficient (Wildman–Crippen LogP) is 1.30. The number of hydrogen-bond acceptors (Lipinski definition) is 6. The predicted molar refractivity (Wildman–Crippen MR) is 101 cm³/mol. The molecule has 1 saturated carbocycles. The Morgan fingerprint density at radius 1 is 1.14 bits per heavy atom. The van der Waals surface area contributed by atoms with Crippen LogP contribution in [0.3, 0.4) is 0 Å². The molecular formula is C20H23N3O5. The van der Waals surface area contributed by atoms with Crippen LogP contribution >= 0.6 is 0 Å². The van der Waals surface area contributed by atoms with Gasteiger partial charge in [0, 0.05) is 38.0 Å². The minimum Gasteiger partial charge on any atom is -0.382 e. The molecular weight excluding hydrogens is 362 g/mol. The highest BCUT2D eigenvalue weighted by molar-refractivity contribution is 6.07. The lowest BCUT2D eigenvalue weighted by molar-refractivity contribution is -0.136. The Kier molecular flexibility index (Phi) is 5.87. The summed E-state index contributed by atoms with van der Waals surface area (Å²) in [7, 11) is 1.49. The maximum atomic E-state index is 13.0. The first kappa shape index (κ1) is 19.7. The number of imide groups is 1. The van der Waals surface area contributed by atoms with Gasteiger partial charge in [0.2, 0.25) is 11.8 Å². The van der Waals surface area contributed by atoms with Crippen LogP contribution in [-0.4, -0.2) is 53.8 Å². The fraction of sp³-hybridized carbons (Fsp3) is 0.450. The molecule has 148 valence electrons. The number of nitrogens with one attached hydrogen (secondary N) is 2. The number of hydrogen-bond donors (Lipinski definition) is 2. The third kappa shape index (κ3) is 4.11. The third-order valence-corrected chi connectivity index (χ3v) is 5.36. The zero-order valence-electron chi connectivity index (χ0n) is 15.7. The van der Waals surface area contributed by atoms with Gasteiger partial charge in [0.25, 0.3) is 5.91 Å². The fourth-order valence-electron chi connectivity index (χ4n) is 3.69. The van der Waals surface area contributed by atoms with Crippen molar-refractivity contribution < 1.29 is 24.0 Å². The van der Waals surface area contributed by atoms with Gasteiger partial charge in [-0.15, -0.1) is 0 Å². The Labute approximate surface area is 162 Å². The van der Waals surface area contributed by atoms with Gasteiger partial charge in [-0.1, -0.05) is 6.07 Å². The van der Waals surface area contributed by atoms with Crippen LogP contribution in [0.25, 0.3) is 0 Å². The molecule has 1 unspecified atom stereocenters. The van der Waals surface area contributed by atoms with Crippen molar-refractivity contribution in [3.63, 3.8) is 0 Å². The molecule has 8 heteroatoms. The number of aldehydes is 1. The lowest BCUT2D eigenvalue weighted by Crippen LogP contribution is -2.53. The molecule has 1 aromatic carbocycles. The highest BCUT2D eigenvalue weighted by Crippen LogP contribution is 2.25. The van der Waals surface area contributed by atoms with E-state index in [1.54, 1.807) is 18.2 Å². The van der Waals surface area contributed by atoms with E-state index >= 15 is 0 Å². The van der Waals surface area contributed by atoms with E-state index in [0.717, 1.165) is 0 Å². The lowest BCUT2D eigenvalue weighted by Gasteiger charge is -2.30. The number of ketones is 1. The van der Waals surface area contributed by atoms with Crippen molar-refractivity contribution in [3.05, 3.63) is 29.3 Å². The number of nitrogens with zero attached hydrogens (tertiary/aromatic N) is 1. The molecule has 0 radical (unpaired) electrons. The molecule has 8 nitrogen and oxygen atoms in total. The maximum absolute atomic E-state index is 13.0. The first-order valence-corrected chi connectivity index (χ1v) is 9.38. The van der Waals surface area contributed by atoms with Crippen LogP contribution in [0.4, 0.5) is 5.69 Å². The van der Waals surface area contributed by atoms with Gasteiger partial charge < -0.3 is 10.2 Å². The average molecular weight is 385 g/mol. The first-order valence-electron chi connectivity index (χ1n) is 9.38. The van der Waals surface area contributed by atoms with Gasteiger partial charge in [0.15, 0.2) is 6.29 Å². The standard InChI is InChI=1S/C20H23N3O5/c1-23(17-9-10-18(26)22-19(17)27)20(28)14-3-2-4-16(15(14)11-24)21-12-5-7-13(25)8-6-12/h2-4,11-12,17,21H,5-10H2,1H3,(H,22,26,27). The number of piperidine rings is 1. The number of likely N-dealkylation sites (N-methyl/N-ethyl adjacent to an activating group) is 1. The first-order chi connectivity index (χ1) is 13.4. The summed E-state index contributed by atoms with van der Waals surface area (Å²) in [6, 6.07) is 4.25. The number of carbonyl (C=O) groups is 5. The molecule has 1 aromatic rings. The summed E-state index contributed by atoms with van der Waals surface area (Å²) < 4.78 is 0. The minimum atomic E-state index is -0.759. The van der Waals surface area contributed by atoms with E-state index in [1.165, 1.54) is 11.9 Å². The average Bonchev–Trinajstić information content (AvgIpc) is 2.68. The number of rotatable bonds is 5. The van der Waals surface area contributed by atoms with Crippen LogP contribution in [0.2, 0.25) is 0 Å². The Bertz CT molecular complexity index is 825. The summed E-state index contributed by atoms with van der Waals surface area (Å²) in [6.45, 7) is 0. The largest absolute Gasteiger partial charge is 0.382 e. The highest BCUT2D eigenvalue weighted by Gasteiger charge is 2.33. The second-order valence-electron chi connectivity index (χ2n) is 7.22. The molecule has 1 aliphatic carbocycles. The molecule has 28 heavy (non-hydrogen) atoms. The van der Waals surface area contributed by atoms with Crippen LogP contribution in [0.1, 0.15) is 59.2 Å². The number of anilines is 1. The van der Waals surface area contributed by atoms with Crippen LogP contribution in [0.15, 0.2) is 18.2 Å². The van der Waals surface area contributed by atoms with Gasteiger partial charge >= 0.3 is 0 Å². The van der Waals surface area contributed by atoms with Crippen LogP contribution < -0.4 is 10.6 Å². The molecule has 3 amide bonds. The van der Waals surface area contributed by atoms with Crippen LogP contribution in [0, 0.1) is 0 Å². The molecule has 0 bridgehead atoms. The monoisotopic (exact) mass is 385 g/mol. The van der Waals surface area contributed by atoms with Crippen molar-refractivity contribution >= 4 is 35.5 Å². The Hall–Kier alpha value is -3.03. The van der Waals surface area contributed by atoms with E-state index in [1.807, 2.05) is 0 Å². The van der Waals surface area contributed by atoms with E-state index in [9.17, 15) is 24.0 Å². The van der Waals surface area contributed by atoms with Gasteiger partial charge in [-0.05, 0) is 31.4 Å². The molecule has 1 atom stereocenters. The van der Waals surface area contributed by atoms with Gasteiger partial charge in [-0.2, -0.15) is 0 Å². The normalized spacial score (nSPS) is 20.5. The van der Waals surface area contributed by atoms with E-state index in [4.69, 9.17) is 0 Å². The van der Waals surface area contributed by atoms with Crippen molar-refractivity contribution in [2.24, 2.45) is 0 Å². The number of Topliss-reactive ketones (excluding diaryl/α,β-unsaturated/α-hetero) is 1. The molecule has 2 N–H and O–H groups in total. The third-order valence-electron chi connectivity index (χ3n) is 5.36. The number of amides is 3. The molecule has 2 fully saturated rings. The fourth-order valence-corrected chi connectivity index (χ4v) is 3.69. The molecule has 2 aliphatic rings. The SMILES string of the molecule is CN(C(=O)c1cccc(NC2CCC(=O)CC2)c1C=O)C1CCC(=O)NC1=O. The topological polar surface area (TPSA) is 113 Å². The molecule has 0 spiro atoms. The molecule has 3 rings (SSSR count). The van der Waals surface area contributed by atoms with Crippen LogP contribution in [0.5, 0.6) is 0 Å². The molecule has 0 aromatic heterocycles. The van der Waals surface area contributed by atoms with Gasteiger partial charge in [0.05, 0.1) is 11.1 Å². The lowest BCUT2D eigenvalue weighted by atomic mass is 9.93. The van der Waals surface area contributed by atoms with E-state index in [0.29, 0.717) is 37.7 Å². The maximum Gasteiger partial charge on any atom is 0.255 e. The summed E-state index contributed by atoms with van der Waals surface area (Å²) in [5.74, 6) is -1.09. The summed E-state index contributed by atoms with van der Waals surface area (Å²) in [5, 5.41) is 5.50. The van der Waals surface area contributed by atoms with Crippen molar-refractivity contribution in [2.45, 2.75) is 50.6 Å². The second-order valence-corrected chi connectivity index (χ2v) is 7.22. The van der Waals surface area contributed by atoms with Crippen molar-refractivity contribution in [2.75, 3.05) is 12.4 Å². The zero-order chi connectivity index (χ0) is 20.3. The summed E-state index contributed by atoms with van der Waals surface area (Å²) in [4.78, 5) is 60.8. The minimum absolute atomic E-state index is 0.0645. The van der Waals surface area contributed by atoms with Gasteiger partial charge in [-0.25, -0.2) is 0 Å². The van der Waals surface area contributed by atoms with Gasteiger partial charge in [-0.3, -0.25) is 29.3 Å². The summed E-state index contributed by atoms with van der Waals surface area (Å²) >= 11 is 0. The summed E-state index contributed by atoms with van der Waals surface area (Å²) in [5.41, 5.74) is 0.958. The summed E-state index contributed by atoms with van der Waals surface area (Å²) in [6.07, 6.45) is 3.42. The smallest absolute Gasteiger partial charge is 0.255 e. The molecule has 1 saturated heterocycles. The van der Waals surface area contributed by atoms with E-state index < -0.39 is 17.9 Å². The van der Waals surface area contributed by atoms with Crippen molar-refractivity contribution in [1.29, 1.82) is 0 Å². The van der Waals surface area contributed by atoms with Crippen molar-refractivity contribution in [3.8, 4) is 0 Å². The van der Waals surface area contributed by atoms with Crippen molar-refractivity contribution in [1.82, 2.24) is 10.2 Å². The highest BCUT2D eigenvalue weighted by atomic mass is 16.2. The van der Waals surface area contributed by atoms with E-state index in [2.05, 4.69) is 10.6 Å². The Balaban J connectivity index is 1.80. The van der Waals surface area contributed by atoms with Crippen LogP contribution in [-0.2, 0) is 14.4 Å². The number of benzene rings is 1. The molecule has 1 aliphatic heterocycles. The molecule has 1 heterocycles. The zero-order valence-corrected chi connectivity index (χ0v) is 15.7. The Morgan fingerprint density at radius 3 is 2.50 bits per heavy atom. The van der Waals surface area contributed by atoms with E-state index in [-0.39, 0.29) is 41.7 Å². The Morgan fingerprint density at radius 2 is 1.86 bits per heavy atom. The second kappa shape index (κ2) is 8.33.